The van der Waals surface area contributed by atoms with E-state index in [-0.39, 0.29) is 0 Å². The molecule has 2 aliphatic rings. The summed E-state index contributed by atoms with van der Waals surface area (Å²) >= 11 is 0. The molecular formula is C25H36O. The third-order valence-electron chi connectivity index (χ3n) is 6.42. The van der Waals surface area contributed by atoms with Crippen LogP contribution in [-0.2, 0) is 0 Å². The predicted molar refractivity (Wildman–Crippen MR) is 110 cm³/mol. The van der Waals surface area contributed by atoms with Crippen LogP contribution in [0.5, 0.6) is 5.75 Å². The highest BCUT2D eigenvalue weighted by atomic mass is 16.5. The van der Waals surface area contributed by atoms with Crippen LogP contribution in [-0.4, -0.2) is 6.61 Å². The van der Waals surface area contributed by atoms with Crippen LogP contribution >= 0.6 is 0 Å². The fourth-order valence-electron chi connectivity index (χ4n) is 4.81. The van der Waals surface area contributed by atoms with Crippen molar-refractivity contribution in [3.8, 4) is 17.6 Å². The summed E-state index contributed by atoms with van der Waals surface area (Å²) in [6.45, 7) is 5.09. The van der Waals surface area contributed by atoms with Crippen molar-refractivity contribution in [2.75, 3.05) is 6.61 Å². The van der Waals surface area contributed by atoms with Gasteiger partial charge in [0.15, 0.2) is 0 Å². The second kappa shape index (κ2) is 10.1. The fraction of sp³-hybridized carbons (Fsp3) is 0.680. The van der Waals surface area contributed by atoms with Crippen molar-refractivity contribution in [2.24, 2.45) is 17.8 Å². The summed E-state index contributed by atoms with van der Waals surface area (Å²) in [6, 6.07) is 8.77. The molecule has 0 aliphatic heterocycles. The third-order valence-corrected chi connectivity index (χ3v) is 6.42. The Hall–Kier alpha value is -1.42. The summed E-state index contributed by atoms with van der Waals surface area (Å²) in [5.74, 6) is 11.4. The molecule has 0 heterocycles. The molecule has 3 rings (SSSR count). The zero-order valence-electron chi connectivity index (χ0n) is 16.8. The van der Waals surface area contributed by atoms with Crippen molar-refractivity contribution in [2.45, 2.75) is 84.0 Å². The van der Waals surface area contributed by atoms with Gasteiger partial charge in [0, 0.05) is 11.8 Å². The van der Waals surface area contributed by atoms with E-state index >= 15 is 0 Å². The van der Waals surface area contributed by atoms with Crippen molar-refractivity contribution >= 4 is 0 Å². The van der Waals surface area contributed by atoms with Crippen LogP contribution in [0.1, 0.15) is 89.5 Å². The molecule has 26 heavy (non-hydrogen) atoms. The van der Waals surface area contributed by atoms with Gasteiger partial charge in [0.1, 0.15) is 5.75 Å². The first-order valence-electron chi connectivity index (χ1n) is 11.0. The molecular weight excluding hydrogens is 316 g/mol. The monoisotopic (exact) mass is 352 g/mol. The highest BCUT2D eigenvalue weighted by Gasteiger charge is 2.22. The highest BCUT2D eigenvalue weighted by molar-refractivity contribution is 5.30. The highest BCUT2D eigenvalue weighted by Crippen LogP contribution is 2.36. The van der Waals surface area contributed by atoms with Gasteiger partial charge in [-0.2, -0.15) is 0 Å². The van der Waals surface area contributed by atoms with E-state index in [0.29, 0.717) is 17.8 Å². The average molecular weight is 353 g/mol. The van der Waals surface area contributed by atoms with Gasteiger partial charge in [-0.25, -0.2) is 0 Å². The molecule has 0 radical (unpaired) electrons. The first-order valence-corrected chi connectivity index (χ1v) is 11.0. The number of rotatable bonds is 5. The van der Waals surface area contributed by atoms with Gasteiger partial charge >= 0.3 is 0 Å². The molecule has 2 saturated carbocycles. The molecule has 0 saturated heterocycles. The van der Waals surface area contributed by atoms with Gasteiger partial charge in [-0.3, -0.25) is 0 Å². The summed E-state index contributed by atoms with van der Waals surface area (Å²) in [5.41, 5.74) is 1.48. The molecule has 2 fully saturated rings. The van der Waals surface area contributed by atoms with Crippen molar-refractivity contribution in [3.63, 3.8) is 0 Å². The lowest BCUT2D eigenvalue weighted by Gasteiger charge is -2.27. The Morgan fingerprint density at radius 3 is 1.92 bits per heavy atom. The van der Waals surface area contributed by atoms with Crippen molar-refractivity contribution < 1.29 is 4.74 Å². The Morgan fingerprint density at radius 1 is 0.808 bits per heavy atom. The van der Waals surface area contributed by atoms with Gasteiger partial charge in [-0.15, -0.1) is 0 Å². The Labute approximate surface area is 160 Å². The van der Waals surface area contributed by atoms with E-state index < -0.39 is 0 Å². The van der Waals surface area contributed by atoms with Crippen LogP contribution in [0.2, 0.25) is 0 Å². The van der Waals surface area contributed by atoms with E-state index in [0.717, 1.165) is 18.3 Å². The summed E-state index contributed by atoms with van der Waals surface area (Å²) < 4.78 is 5.56. The lowest BCUT2D eigenvalue weighted by Crippen LogP contribution is -2.14. The van der Waals surface area contributed by atoms with E-state index in [1.54, 1.807) is 0 Å². The largest absolute Gasteiger partial charge is 0.494 e. The standard InChI is InChI=1S/C25H36O/c1-3-5-20-6-8-21(9-7-20)10-11-22-12-14-23(15-13-22)24-16-18-25(19-17-24)26-4-2/h16-23H,3-9,12-15H2,1-2H3. The third kappa shape index (κ3) is 5.54. The number of ether oxygens (including phenoxy) is 1. The van der Waals surface area contributed by atoms with Crippen LogP contribution in [0.4, 0.5) is 0 Å². The Bertz CT molecular complexity index is 575. The first-order chi connectivity index (χ1) is 12.8. The molecule has 1 heteroatoms. The first kappa shape index (κ1) is 19.3. The van der Waals surface area contributed by atoms with Gasteiger partial charge in [-0.05, 0) is 87.8 Å². The van der Waals surface area contributed by atoms with E-state index in [1.165, 1.54) is 69.8 Å². The predicted octanol–water partition coefficient (Wildman–Crippen LogP) is 6.97. The van der Waals surface area contributed by atoms with Crippen LogP contribution < -0.4 is 4.74 Å². The summed E-state index contributed by atoms with van der Waals surface area (Å²) in [4.78, 5) is 0. The molecule has 142 valence electrons. The van der Waals surface area contributed by atoms with Gasteiger partial charge in [0.25, 0.3) is 0 Å². The summed E-state index contributed by atoms with van der Waals surface area (Å²) in [5, 5.41) is 0. The molecule has 0 bridgehead atoms. The van der Waals surface area contributed by atoms with Gasteiger partial charge in [-0.1, -0.05) is 43.7 Å². The van der Waals surface area contributed by atoms with Gasteiger partial charge in [0.05, 0.1) is 6.61 Å². The van der Waals surface area contributed by atoms with Gasteiger partial charge < -0.3 is 4.74 Å². The lowest BCUT2D eigenvalue weighted by molar-refractivity contribution is 0.299. The zero-order valence-corrected chi connectivity index (χ0v) is 16.8. The van der Waals surface area contributed by atoms with Crippen LogP contribution in [0, 0.1) is 29.6 Å². The zero-order chi connectivity index (χ0) is 18.2. The van der Waals surface area contributed by atoms with E-state index in [9.17, 15) is 0 Å². The summed E-state index contributed by atoms with van der Waals surface area (Å²) in [6.07, 6.45) is 13.4. The fourth-order valence-corrected chi connectivity index (χ4v) is 4.81. The maximum Gasteiger partial charge on any atom is 0.119 e. The normalized spacial score (nSPS) is 28.8. The van der Waals surface area contributed by atoms with Crippen LogP contribution in [0.3, 0.4) is 0 Å². The van der Waals surface area contributed by atoms with Crippen LogP contribution in [0.25, 0.3) is 0 Å². The number of hydrogen-bond acceptors (Lipinski definition) is 1. The Kier molecular flexibility index (Phi) is 7.48. The topological polar surface area (TPSA) is 9.23 Å². The van der Waals surface area contributed by atoms with Crippen molar-refractivity contribution in [1.82, 2.24) is 0 Å². The minimum atomic E-state index is 0.641. The average Bonchev–Trinajstić information content (AvgIpc) is 2.69. The second-order valence-corrected chi connectivity index (χ2v) is 8.35. The molecule has 1 aromatic carbocycles. The molecule has 0 aromatic heterocycles. The second-order valence-electron chi connectivity index (χ2n) is 8.35. The minimum Gasteiger partial charge on any atom is -0.494 e. The van der Waals surface area contributed by atoms with E-state index in [2.05, 4.69) is 43.0 Å². The van der Waals surface area contributed by atoms with Crippen LogP contribution in [0.15, 0.2) is 24.3 Å². The minimum absolute atomic E-state index is 0.641. The molecule has 1 aromatic rings. The number of benzene rings is 1. The van der Waals surface area contributed by atoms with Gasteiger partial charge in [0.2, 0.25) is 0 Å². The molecule has 1 nitrogen and oxygen atoms in total. The van der Waals surface area contributed by atoms with Crippen molar-refractivity contribution in [3.05, 3.63) is 29.8 Å². The molecule has 0 unspecified atom stereocenters. The smallest absolute Gasteiger partial charge is 0.119 e. The van der Waals surface area contributed by atoms with Crippen molar-refractivity contribution in [1.29, 1.82) is 0 Å². The molecule has 0 N–H and O–H groups in total. The molecule has 0 spiro atoms. The SMILES string of the molecule is CCCC1CCC(C#CC2CCC(c3ccc(OCC)cc3)CC2)CC1. The Morgan fingerprint density at radius 2 is 1.38 bits per heavy atom. The quantitative estimate of drug-likeness (QED) is 0.520. The van der Waals surface area contributed by atoms with E-state index in [4.69, 9.17) is 4.74 Å². The lowest BCUT2D eigenvalue weighted by atomic mass is 9.78. The maximum atomic E-state index is 5.56. The summed E-state index contributed by atoms with van der Waals surface area (Å²) in [7, 11) is 0. The number of hydrogen-bond donors (Lipinski definition) is 0. The maximum absolute atomic E-state index is 5.56. The Balaban J connectivity index is 1.43. The molecule has 0 amide bonds. The molecule has 0 atom stereocenters. The van der Waals surface area contributed by atoms with E-state index in [1.807, 2.05) is 6.92 Å². The molecule has 2 aliphatic carbocycles.